The number of pyridine rings is 1. The van der Waals surface area contributed by atoms with E-state index < -0.39 is 0 Å². The van der Waals surface area contributed by atoms with Gasteiger partial charge in [0.15, 0.2) is 17.5 Å². The van der Waals surface area contributed by atoms with Crippen molar-refractivity contribution in [2.45, 2.75) is 0 Å². The van der Waals surface area contributed by atoms with Crippen LogP contribution in [-0.2, 0) is 0 Å². The van der Waals surface area contributed by atoms with Crippen molar-refractivity contribution in [2.24, 2.45) is 0 Å². The van der Waals surface area contributed by atoms with Gasteiger partial charge in [-0.15, -0.1) is 0 Å². The molecule has 10 rings (SSSR count). The summed E-state index contributed by atoms with van der Waals surface area (Å²) >= 11 is 0. The first-order valence-electron chi connectivity index (χ1n) is 19.5. The summed E-state index contributed by atoms with van der Waals surface area (Å²) in [5.74, 6) is 1.88. The van der Waals surface area contributed by atoms with E-state index >= 15 is 0 Å². The Hall–Kier alpha value is -7.82. The zero-order valence-corrected chi connectivity index (χ0v) is 31.6. The van der Waals surface area contributed by atoms with Gasteiger partial charge in [0.1, 0.15) is 0 Å². The number of hydrogen-bond donors (Lipinski definition) is 0. The third-order valence-corrected chi connectivity index (χ3v) is 10.5. The lowest BCUT2D eigenvalue weighted by Gasteiger charge is -2.14. The summed E-state index contributed by atoms with van der Waals surface area (Å²) in [5.41, 5.74) is 14.7. The van der Waals surface area contributed by atoms with Crippen molar-refractivity contribution < 1.29 is 0 Å². The molecule has 2 aromatic heterocycles. The number of fused-ring (bicyclic) bond motifs is 1. The third kappa shape index (κ3) is 7.07. The number of rotatable bonds is 8. The van der Waals surface area contributed by atoms with Crippen LogP contribution in [0.1, 0.15) is 0 Å². The van der Waals surface area contributed by atoms with Crippen LogP contribution >= 0.6 is 0 Å². The van der Waals surface area contributed by atoms with Crippen LogP contribution in [0.3, 0.4) is 0 Å². The highest BCUT2D eigenvalue weighted by atomic mass is 15.0. The van der Waals surface area contributed by atoms with Gasteiger partial charge in [-0.2, -0.15) is 0 Å². The summed E-state index contributed by atoms with van der Waals surface area (Å²) in [6.45, 7) is 0. The summed E-state index contributed by atoms with van der Waals surface area (Å²) in [4.78, 5) is 20.3. The number of nitrogens with zero attached hydrogens (tertiary/aromatic N) is 4. The average Bonchev–Trinajstić information content (AvgIpc) is 3.32. The summed E-state index contributed by atoms with van der Waals surface area (Å²) in [7, 11) is 0. The van der Waals surface area contributed by atoms with Gasteiger partial charge in [-0.05, 0) is 80.9 Å². The van der Waals surface area contributed by atoms with E-state index in [1.807, 2.05) is 66.7 Å². The molecule has 0 amide bonds. The predicted molar refractivity (Wildman–Crippen MR) is 239 cm³/mol. The molecule has 10 aromatic rings. The smallest absolute Gasteiger partial charge is 0.164 e. The van der Waals surface area contributed by atoms with Crippen LogP contribution in [0.2, 0.25) is 0 Å². The van der Waals surface area contributed by atoms with Crippen LogP contribution in [-0.4, -0.2) is 19.9 Å². The fraction of sp³-hybridized carbons (Fsp3) is 0. The molecule has 0 saturated heterocycles. The van der Waals surface area contributed by atoms with E-state index in [0.29, 0.717) is 17.5 Å². The summed E-state index contributed by atoms with van der Waals surface area (Å²) in [5, 5.41) is 1.06. The summed E-state index contributed by atoms with van der Waals surface area (Å²) < 4.78 is 0. The lowest BCUT2D eigenvalue weighted by molar-refractivity contribution is 1.07. The van der Waals surface area contributed by atoms with Gasteiger partial charge in [0.05, 0.1) is 11.2 Å². The zero-order chi connectivity index (χ0) is 38.7. The molecule has 0 N–H and O–H groups in total. The van der Waals surface area contributed by atoms with Gasteiger partial charge in [-0.1, -0.05) is 182 Å². The zero-order valence-electron chi connectivity index (χ0n) is 31.6. The molecule has 0 saturated carbocycles. The predicted octanol–water partition coefficient (Wildman–Crippen LogP) is 13.8. The summed E-state index contributed by atoms with van der Waals surface area (Å²) in [6, 6.07) is 76.0. The van der Waals surface area contributed by atoms with Crippen LogP contribution in [0.25, 0.3) is 101 Å². The highest BCUT2D eigenvalue weighted by molar-refractivity contribution is 6.00. The minimum absolute atomic E-state index is 0.613. The second-order valence-electron chi connectivity index (χ2n) is 14.3. The van der Waals surface area contributed by atoms with Crippen molar-refractivity contribution in [3.8, 4) is 89.9 Å². The molecule has 0 unspecified atom stereocenters. The van der Waals surface area contributed by atoms with E-state index in [1.165, 1.54) is 16.7 Å². The molecule has 4 nitrogen and oxygen atoms in total. The maximum absolute atomic E-state index is 5.30. The molecule has 0 atom stereocenters. The Bertz CT molecular complexity index is 2980. The van der Waals surface area contributed by atoms with Crippen molar-refractivity contribution in [3.05, 3.63) is 218 Å². The highest BCUT2D eigenvalue weighted by Gasteiger charge is 2.16. The van der Waals surface area contributed by atoms with Crippen LogP contribution in [0.4, 0.5) is 0 Å². The maximum atomic E-state index is 5.30. The number of benzene rings is 8. The molecule has 0 radical (unpaired) electrons. The van der Waals surface area contributed by atoms with Gasteiger partial charge in [-0.25, -0.2) is 19.9 Å². The molecule has 4 heteroatoms. The van der Waals surface area contributed by atoms with Crippen molar-refractivity contribution in [3.63, 3.8) is 0 Å². The largest absolute Gasteiger partial charge is 0.248 e. The first-order valence-corrected chi connectivity index (χ1v) is 19.5. The fourth-order valence-corrected chi connectivity index (χ4v) is 7.55. The summed E-state index contributed by atoms with van der Waals surface area (Å²) in [6.07, 6.45) is 0. The molecule has 0 fully saturated rings. The molecular formula is C54H36N4. The van der Waals surface area contributed by atoms with Gasteiger partial charge < -0.3 is 0 Å². The maximum Gasteiger partial charge on any atom is 0.164 e. The Morgan fingerprint density at radius 3 is 1.16 bits per heavy atom. The van der Waals surface area contributed by atoms with Crippen LogP contribution < -0.4 is 0 Å². The van der Waals surface area contributed by atoms with Gasteiger partial charge in [0.2, 0.25) is 0 Å². The Labute approximate surface area is 337 Å². The molecule has 272 valence electrons. The molecule has 0 aliphatic heterocycles. The Kier molecular flexibility index (Phi) is 9.18. The van der Waals surface area contributed by atoms with E-state index in [2.05, 4.69) is 152 Å². The van der Waals surface area contributed by atoms with Crippen molar-refractivity contribution in [2.75, 3.05) is 0 Å². The van der Waals surface area contributed by atoms with Gasteiger partial charge in [0, 0.05) is 27.6 Å². The van der Waals surface area contributed by atoms with E-state index in [1.54, 1.807) is 0 Å². The van der Waals surface area contributed by atoms with Crippen LogP contribution in [0.5, 0.6) is 0 Å². The van der Waals surface area contributed by atoms with Crippen LogP contribution in [0, 0.1) is 0 Å². The first kappa shape index (κ1) is 34.7. The second-order valence-corrected chi connectivity index (χ2v) is 14.3. The molecular weight excluding hydrogens is 705 g/mol. The molecule has 0 bridgehead atoms. The Morgan fingerprint density at radius 2 is 0.603 bits per heavy atom. The van der Waals surface area contributed by atoms with Crippen molar-refractivity contribution in [1.82, 2.24) is 19.9 Å². The van der Waals surface area contributed by atoms with Crippen LogP contribution in [0.15, 0.2) is 218 Å². The fourth-order valence-electron chi connectivity index (χ4n) is 7.55. The molecule has 58 heavy (non-hydrogen) atoms. The van der Waals surface area contributed by atoms with E-state index in [-0.39, 0.29) is 0 Å². The normalized spacial score (nSPS) is 11.1. The SMILES string of the molecule is c1ccc(-c2cccc(-c3ccc4nc(-c5cccc(-c6ccccc6)c5)cc(-c5cccc(-c6nc(-c7ccccc7)nc(-c7ccccc7)n6)c5)c4c3)c2)cc1. The minimum Gasteiger partial charge on any atom is -0.248 e. The van der Waals surface area contributed by atoms with E-state index in [0.717, 1.165) is 66.7 Å². The lowest BCUT2D eigenvalue weighted by atomic mass is 9.93. The Balaban J connectivity index is 1.14. The third-order valence-electron chi connectivity index (χ3n) is 10.5. The molecule has 8 aromatic carbocycles. The highest BCUT2D eigenvalue weighted by Crippen LogP contribution is 2.38. The monoisotopic (exact) mass is 740 g/mol. The Morgan fingerprint density at radius 1 is 0.224 bits per heavy atom. The van der Waals surface area contributed by atoms with Crippen molar-refractivity contribution >= 4 is 10.9 Å². The van der Waals surface area contributed by atoms with E-state index in [9.17, 15) is 0 Å². The van der Waals surface area contributed by atoms with E-state index in [4.69, 9.17) is 19.9 Å². The topological polar surface area (TPSA) is 51.6 Å². The quantitative estimate of drug-likeness (QED) is 0.156. The number of hydrogen-bond acceptors (Lipinski definition) is 4. The molecule has 0 spiro atoms. The molecule has 0 aliphatic carbocycles. The molecule has 2 heterocycles. The lowest BCUT2D eigenvalue weighted by Crippen LogP contribution is -2.00. The van der Waals surface area contributed by atoms with Crippen molar-refractivity contribution in [1.29, 1.82) is 0 Å². The number of aromatic nitrogens is 4. The first-order chi connectivity index (χ1) is 28.7. The minimum atomic E-state index is 0.613. The average molecular weight is 741 g/mol. The molecule has 0 aliphatic rings. The van der Waals surface area contributed by atoms with Gasteiger partial charge in [-0.3, -0.25) is 0 Å². The standard InChI is InChI=1S/C54H36N4/c1-5-16-37(17-6-1)41-24-13-26-43(32-41)44-30-31-50-49(35-44)48(36-51(55-50)46-28-14-25-42(33-46)38-18-7-2-8-19-38)45-27-15-29-47(34-45)54-57-52(39-20-9-3-10-21-39)56-53(58-54)40-22-11-4-12-23-40/h1-36H. The van der Waals surface area contributed by atoms with Gasteiger partial charge >= 0.3 is 0 Å². The second kappa shape index (κ2) is 15.4. The van der Waals surface area contributed by atoms with Gasteiger partial charge in [0.25, 0.3) is 0 Å².